The summed E-state index contributed by atoms with van der Waals surface area (Å²) in [5.41, 5.74) is 3.21. The molecule has 0 saturated heterocycles. The van der Waals surface area contributed by atoms with Gasteiger partial charge in [0.25, 0.3) is 0 Å². The van der Waals surface area contributed by atoms with E-state index >= 15 is 0 Å². The molecule has 0 aliphatic heterocycles. The van der Waals surface area contributed by atoms with Crippen LogP contribution in [0.15, 0.2) is 59.1 Å². The Morgan fingerprint density at radius 1 is 1.09 bits per heavy atom. The topological polar surface area (TPSA) is 88.5 Å². The maximum Gasteiger partial charge on any atom is 0.322 e. The fourth-order valence-electron chi connectivity index (χ4n) is 3.34. The minimum absolute atomic E-state index is 0.143. The number of nitrogens with zero attached hydrogens (tertiary/aromatic N) is 3. The number of carbonyl (C=O) groups is 2. The number of aromatic nitrogens is 2. The molecule has 2 aromatic carbocycles. The van der Waals surface area contributed by atoms with Gasteiger partial charge in [0.1, 0.15) is 12.4 Å². The Balaban J connectivity index is 1.80. The van der Waals surface area contributed by atoms with E-state index in [0.29, 0.717) is 18.1 Å². The van der Waals surface area contributed by atoms with E-state index in [1.54, 1.807) is 23.9 Å². The van der Waals surface area contributed by atoms with Crippen LogP contribution in [0.4, 0.5) is 16.3 Å². The molecule has 3 rings (SSSR count). The zero-order chi connectivity index (χ0) is 25.6. The average molecular weight is 542 g/mol. The lowest BCUT2D eigenvalue weighted by Gasteiger charge is -2.22. The van der Waals surface area contributed by atoms with E-state index in [1.807, 2.05) is 49.4 Å². The lowest BCUT2D eigenvalue weighted by molar-refractivity contribution is -0.116. The van der Waals surface area contributed by atoms with Gasteiger partial charge in [-0.2, -0.15) is 5.10 Å². The molecule has 186 valence electrons. The smallest absolute Gasteiger partial charge is 0.322 e. The molecule has 3 amide bonds. The number of hydrogen-bond acceptors (Lipinski definition) is 4. The monoisotopic (exact) mass is 541 g/mol. The van der Waals surface area contributed by atoms with Crippen molar-refractivity contribution in [1.82, 2.24) is 14.7 Å². The molecule has 0 atom stereocenters. The molecule has 0 aliphatic rings. The van der Waals surface area contributed by atoms with Gasteiger partial charge in [-0.05, 0) is 48.9 Å². The number of carbonyl (C=O) groups excluding carboxylic acids is 2. The van der Waals surface area contributed by atoms with Gasteiger partial charge in [0.2, 0.25) is 5.91 Å². The molecule has 0 fully saturated rings. The molecule has 9 heteroatoms. The minimum atomic E-state index is -0.387. The van der Waals surface area contributed by atoms with Gasteiger partial charge in [-0.1, -0.05) is 48.8 Å². The highest BCUT2D eigenvalue weighted by Gasteiger charge is 2.23. The molecule has 0 radical (unpaired) electrons. The molecular formula is C26H32BrN5O3. The van der Waals surface area contributed by atoms with Crippen molar-refractivity contribution in [3.05, 3.63) is 70.3 Å². The average Bonchev–Trinajstić information content (AvgIpc) is 3.22. The largest absolute Gasteiger partial charge is 0.383 e. The summed E-state index contributed by atoms with van der Waals surface area (Å²) < 4.78 is 7.78. The Hall–Kier alpha value is -3.17. The van der Waals surface area contributed by atoms with Crippen LogP contribution in [0.2, 0.25) is 0 Å². The normalized spacial score (nSPS) is 11.3. The molecule has 0 bridgehead atoms. The Labute approximate surface area is 214 Å². The van der Waals surface area contributed by atoms with E-state index in [4.69, 9.17) is 9.84 Å². The quantitative estimate of drug-likeness (QED) is 0.401. The predicted molar refractivity (Wildman–Crippen MR) is 142 cm³/mol. The van der Waals surface area contributed by atoms with Crippen molar-refractivity contribution < 1.29 is 14.3 Å². The van der Waals surface area contributed by atoms with Gasteiger partial charge in [-0.15, -0.1) is 0 Å². The highest BCUT2D eigenvalue weighted by atomic mass is 79.9. The van der Waals surface area contributed by atoms with E-state index in [2.05, 4.69) is 47.3 Å². The third kappa shape index (κ3) is 7.40. The van der Waals surface area contributed by atoms with Crippen molar-refractivity contribution in [2.45, 2.75) is 33.1 Å². The van der Waals surface area contributed by atoms with Crippen LogP contribution in [0, 0.1) is 6.92 Å². The molecule has 1 heterocycles. The lowest BCUT2D eigenvalue weighted by Crippen LogP contribution is -2.42. The van der Waals surface area contributed by atoms with Crippen LogP contribution in [0.5, 0.6) is 0 Å². The fraction of sp³-hybridized carbons (Fsp3) is 0.346. The molecule has 35 heavy (non-hydrogen) atoms. The van der Waals surface area contributed by atoms with E-state index in [0.717, 1.165) is 21.4 Å². The molecule has 0 aliphatic carbocycles. The third-order valence-electron chi connectivity index (χ3n) is 5.27. The number of amides is 3. The maximum absolute atomic E-state index is 13.1. The van der Waals surface area contributed by atoms with Gasteiger partial charge >= 0.3 is 6.03 Å². The first-order valence-corrected chi connectivity index (χ1v) is 12.1. The standard InChI is InChI=1S/C26H32BrN5O3/c1-18-7-6-8-21(15-18)32-23(16-22(30-32)26(2,3)4)29-24(33)17-31(13-14-35-5)25(34)28-20-11-9-19(27)10-12-20/h6-12,15-16H,13-14,17H2,1-5H3,(H,28,34)(H,29,33). The van der Waals surface area contributed by atoms with Crippen LogP contribution in [-0.4, -0.2) is 53.4 Å². The molecule has 0 saturated carbocycles. The number of benzene rings is 2. The number of rotatable bonds is 8. The van der Waals surface area contributed by atoms with Gasteiger partial charge in [-0.25, -0.2) is 9.48 Å². The summed E-state index contributed by atoms with van der Waals surface area (Å²) in [7, 11) is 1.55. The molecule has 1 aromatic heterocycles. The van der Waals surface area contributed by atoms with Crippen LogP contribution in [0.1, 0.15) is 32.0 Å². The number of aryl methyl sites for hydroxylation is 1. The minimum Gasteiger partial charge on any atom is -0.383 e. The zero-order valence-electron chi connectivity index (χ0n) is 20.8. The van der Waals surface area contributed by atoms with Crippen LogP contribution in [0.3, 0.4) is 0 Å². The van der Waals surface area contributed by atoms with Gasteiger partial charge in [0.05, 0.1) is 18.0 Å². The molecule has 2 N–H and O–H groups in total. The fourth-order valence-corrected chi connectivity index (χ4v) is 3.60. The first-order chi connectivity index (χ1) is 16.6. The van der Waals surface area contributed by atoms with Crippen molar-refractivity contribution in [2.75, 3.05) is 37.4 Å². The molecule has 3 aromatic rings. The predicted octanol–water partition coefficient (Wildman–Crippen LogP) is 5.36. The van der Waals surface area contributed by atoms with Crippen molar-refractivity contribution in [2.24, 2.45) is 0 Å². The Morgan fingerprint density at radius 2 is 1.80 bits per heavy atom. The number of nitrogens with one attached hydrogen (secondary N) is 2. The summed E-state index contributed by atoms with van der Waals surface area (Å²) in [6.07, 6.45) is 0. The molecule has 8 nitrogen and oxygen atoms in total. The Bertz CT molecular complexity index is 1170. The number of urea groups is 1. The number of ether oxygens (including phenoxy) is 1. The van der Waals surface area contributed by atoms with Crippen LogP contribution in [0.25, 0.3) is 5.69 Å². The third-order valence-corrected chi connectivity index (χ3v) is 5.80. The molecule has 0 unspecified atom stereocenters. The SMILES string of the molecule is COCCN(CC(=O)Nc1cc(C(C)(C)C)nn1-c1cccc(C)c1)C(=O)Nc1ccc(Br)cc1. The number of hydrogen-bond donors (Lipinski definition) is 2. The van der Waals surface area contributed by atoms with Crippen molar-refractivity contribution >= 4 is 39.4 Å². The highest BCUT2D eigenvalue weighted by Crippen LogP contribution is 2.26. The zero-order valence-corrected chi connectivity index (χ0v) is 22.3. The second-order valence-corrected chi connectivity index (χ2v) is 10.2. The van der Waals surface area contributed by atoms with Crippen LogP contribution < -0.4 is 10.6 Å². The van der Waals surface area contributed by atoms with Gasteiger partial charge in [-0.3, -0.25) is 4.79 Å². The van der Waals surface area contributed by atoms with Crippen molar-refractivity contribution in [3.63, 3.8) is 0 Å². The summed E-state index contributed by atoms with van der Waals surface area (Å²) >= 11 is 3.38. The van der Waals surface area contributed by atoms with E-state index in [9.17, 15) is 9.59 Å². The first kappa shape index (κ1) is 26.4. The molecular weight excluding hydrogens is 510 g/mol. The number of halogens is 1. The van der Waals surface area contributed by atoms with Crippen LogP contribution in [-0.2, 0) is 14.9 Å². The van der Waals surface area contributed by atoms with Gasteiger partial charge in [0.15, 0.2) is 0 Å². The lowest BCUT2D eigenvalue weighted by atomic mass is 9.92. The highest BCUT2D eigenvalue weighted by molar-refractivity contribution is 9.10. The summed E-state index contributed by atoms with van der Waals surface area (Å²) in [5, 5.41) is 10.5. The number of methoxy groups -OCH3 is 1. The van der Waals surface area contributed by atoms with E-state index in [1.165, 1.54) is 4.90 Å². The molecule has 0 spiro atoms. The van der Waals surface area contributed by atoms with Crippen molar-refractivity contribution in [3.8, 4) is 5.69 Å². The van der Waals surface area contributed by atoms with Gasteiger partial charge < -0.3 is 20.3 Å². The van der Waals surface area contributed by atoms with Crippen molar-refractivity contribution in [1.29, 1.82) is 0 Å². The Kier molecular flexibility index (Phi) is 8.69. The summed E-state index contributed by atoms with van der Waals surface area (Å²) in [4.78, 5) is 27.4. The second-order valence-electron chi connectivity index (χ2n) is 9.32. The summed E-state index contributed by atoms with van der Waals surface area (Å²) in [6.45, 7) is 8.64. The Morgan fingerprint density at radius 3 is 2.43 bits per heavy atom. The second kappa shape index (κ2) is 11.5. The van der Waals surface area contributed by atoms with E-state index < -0.39 is 0 Å². The van der Waals surface area contributed by atoms with Crippen LogP contribution >= 0.6 is 15.9 Å². The number of anilines is 2. The summed E-state index contributed by atoms with van der Waals surface area (Å²) in [5.74, 6) is 0.215. The maximum atomic E-state index is 13.1. The van der Waals surface area contributed by atoms with E-state index in [-0.39, 0.29) is 30.4 Å². The summed E-state index contributed by atoms with van der Waals surface area (Å²) in [6, 6.07) is 16.6. The first-order valence-electron chi connectivity index (χ1n) is 11.3. The van der Waals surface area contributed by atoms with Gasteiger partial charge in [0, 0.05) is 35.3 Å².